The first-order valence-electron chi connectivity index (χ1n) is 5.87. The molecule has 0 amide bonds. The van der Waals surface area contributed by atoms with E-state index in [1.54, 1.807) is 6.92 Å². The minimum atomic E-state index is -3.81. The number of aryl methyl sites for hydroxylation is 1. The van der Waals surface area contributed by atoms with Gasteiger partial charge in [-0.15, -0.1) is 0 Å². The third-order valence-electron chi connectivity index (χ3n) is 2.47. The zero-order valence-electron chi connectivity index (χ0n) is 11.0. The average Bonchev–Trinajstić information content (AvgIpc) is 2.84. The summed E-state index contributed by atoms with van der Waals surface area (Å²) in [7, 11) is -3.81. The number of pyridine rings is 1. The fourth-order valence-electron chi connectivity index (χ4n) is 1.48. The highest BCUT2D eigenvalue weighted by atomic mass is 32.2. The summed E-state index contributed by atoms with van der Waals surface area (Å²) in [5, 5.41) is 12.1. The Labute approximate surface area is 120 Å². The highest BCUT2D eigenvalue weighted by molar-refractivity contribution is 7.89. The molecule has 0 fully saturated rings. The van der Waals surface area contributed by atoms with E-state index in [1.165, 1.54) is 6.07 Å². The molecule has 2 heterocycles. The number of nitrogens with one attached hydrogen (secondary N) is 1. The molecule has 0 unspecified atom stereocenters. The van der Waals surface area contributed by atoms with Crippen molar-refractivity contribution >= 4 is 16.0 Å². The van der Waals surface area contributed by atoms with Crippen molar-refractivity contribution in [3.8, 4) is 0 Å². The van der Waals surface area contributed by atoms with E-state index in [-0.39, 0.29) is 23.6 Å². The standard InChI is InChI=1S/C11H12N4O5S/c1-7-14-9(15-20-7)4-5-13-21(18,19)10-3-2-8(6-12-10)11(16)17/h2-3,6,13H,4-5H2,1H3,(H,16,17). The van der Waals surface area contributed by atoms with E-state index in [4.69, 9.17) is 9.63 Å². The van der Waals surface area contributed by atoms with Gasteiger partial charge < -0.3 is 9.63 Å². The Morgan fingerprint density at radius 1 is 1.43 bits per heavy atom. The molecule has 0 aliphatic carbocycles. The number of carbonyl (C=O) groups is 1. The number of carboxylic acid groups (broad SMARTS) is 1. The van der Waals surface area contributed by atoms with Crippen molar-refractivity contribution < 1.29 is 22.8 Å². The van der Waals surface area contributed by atoms with Gasteiger partial charge in [0, 0.05) is 26.1 Å². The van der Waals surface area contributed by atoms with Crippen molar-refractivity contribution in [1.82, 2.24) is 19.8 Å². The van der Waals surface area contributed by atoms with Crippen LogP contribution in [0, 0.1) is 6.92 Å². The van der Waals surface area contributed by atoms with Gasteiger partial charge in [0.1, 0.15) is 0 Å². The summed E-state index contributed by atoms with van der Waals surface area (Å²) in [4.78, 5) is 18.2. The third-order valence-corrected chi connectivity index (χ3v) is 3.85. The van der Waals surface area contributed by atoms with Crippen LogP contribution in [-0.4, -0.2) is 41.2 Å². The molecule has 0 aromatic carbocycles. The lowest BCUT2D eigenvalue weighted by molar-refractivity contribution is 0.0696. The van der Waals surface area contributed by atoms with Gasteiger partial charge in [0.2, 0.25) is 5.89 Å². The molecular formula is C11H12N4O5S. The van der Waals surface area contributed by atoms with Crippen molar-refractivity contribution in [2.75, 3.05) is 6.54 Å². The molecule has 0 radical (unpaired) electrons. The Kier molecular flexibility index (Phi) is 4.29. The zero-order valence-corrected chi connectivity index (χ0v) is 11.8. The molecule has 0 atom stereocenters. The minimum Gasteiger partial charge on any atom is -0.478 e. The van der Waals surface area contributed by atoms with Gasteiger partial charge in [-0.25, -0.2) is 22.9 Å². The van der Waals surface area contributed by atoms with E-state index in [1.807, 2.05) is 0 Å². The number of hydrogen-bond donors (Lipinski definition) is 2. The molecule has 2 N–H and O–H groups in total. The Hall–Kier alpha value is -2.33. The van der Waals surface area contributed by atoms with Gasteiger partial charge in [0.15, 0.2) is 10.9 Å². The maximum atomic E-state index is 11.9. The first kappa shape index (κ1) is 15.1. The molecule has 112 valence electrons. The normalized spacial score (nSPS) is 11.5. The van der Waals surface area contributed by atoms with Gasteiger partial charge in [-0.05, 0) is 12.1 Å². The molecule has 0 saturated carbocycles. The third kappa shape index (κ3) is 3.83. The number of rotatable bonds is 6. The van der Waals surface area contributed by atoms with Crippen LogP contribution in [-0.2, 0) is 16.4 Å². The molecule has 10 heteroatoms. The predicted molar refractivity (Wildman–Crippen MR) is 69.1 cm³/mol. The fourth-order valence-corrected chi connectivity index (χ4v) is 2.44. The van der Waals surface area contributed by atoms with Crippen LogP contribution in [0.4, 0.5) is 0 Å². The van der Waals surface area contributed by atoms with Gasteiger partial charge in [-0.1, -0.05) is 5.16 Å². The number of aromatic nitrogens is 3. The van der Waals surface area contributed by atoms with Gasteiger partial charge in [-0.3, -0.25) is 0 Å². The maximum absolute atomic E-state index is 11.9. The number of sulfonamides is 1. The highest BCUT2D eigenvalue weighted by Crippen LogP contribution is 2.06. The smallest absolute Gasteiger partial charge is 0.337 e. The van der Waals surface area contributed by atoms with E-state index >= 15 is 0 Å². The molecule has 0 aliphatic heterocycles. The summed E-state index contributed by atoms with van der Waals surface area (Å²) in [6.45, 7) is 1.71. The average molecular weight is 312 g/mol. The molecule has 9 nitrogen and oxygen atoms in total. The molecule has 0 spiro atoms. The van der Waals surface area contributed by atoms with Crippen LogP contribution in [0.2, 0.25) is 0 Å². The Balaban J connectivity index is 1.99. The molecule has 2 aromatic heterocycles. The van der Waals surface area contributed by atoms with Crippen LogP contribution in [0.5, 0.6) is 0 Å². The number of aromatic carboxylic acids is 1. The van der Waals surface area contributed by atoms with Gasteiger partial charge in [-0.2, -0.15) is 4.98 Å². The van der Waals surface area contributed by atoms with E-state index in [9.17, 15) is 13.2 Å². The fraction of sp³-hybridized carbons (Fsp3) is 0.273. The van der Waals surface area contributed by atoms with Crippen LogP contribution >= 0.6 is 0 Å². The summed E-state index contributed by atoms with van der Waals surface area (Å²) < 4.78 is 30.9. The molecule has 2 aromatic rings. The van der Waals surface area contributed by atoms with E-state index in [0.717, 1.165) is 12.3 Å². The summed E-state index contributed by atoms with van der Waals surface area (Å²) >= 11 is 0. The van der Waals surface area contributed by atoms with Crippen molar-refractivity contribution in [3.05, 3.63) is 35.6 Å². The molecule has 0 saturated heterocycles. The molecule has 21 heavy (non-hydrogen) atoms. The summed E-state index contributed by atoms with van der Waals surface area (Å²) in [6.07, 6.45) is 1.25. The summed E-state index contributed by atoms with van der Waals surface area (Å²) in [6, 6.07) is 2.30. The van der Waals surface area contributed by atoms with Crippen molar-refractivity contribution in [2.24, 2.45) is 0 Å². The monoisotopic (exact) mass is 312 g/mol. The lowest BCUT2D eigenvalue weighted by atomic mass is 10.3. The quantitative estimate of drug-likeness (QED) is 0.760. The molecule has 0 aliphatic rings. The predicted octanol–water partition coefficient (Wildman–Crippen LogP) is -0.00778. The van der Waals surface area contributed by atoms with Crippen molar-refractivity contribution in [2.45, 2.75) is 18.4 Å². The Morgan fingerprint density at radius 2 is 2.19 bits per heavy atom. The van der Waals surface area contributed by atoms with Crippen LogP contribution in [0.1, 0.15) is 22.1 Å². The second-order valence-corrected chi connectivity index (χ2v) is 5.78. The lowest BCUT2D eigenvalue weighted by Crippen LogP contribution is -2.27. The van der Waals surface area contributed by atoms with Gasteiger partial charge >= 0.3 is 5.97 Å². The van der Waals surface area contributed by atoms with Crippen LogP contribution in [0.25, 0.3) is 0 Å². The van der Waals surface area contributed by atoms with E-state index < -0.39 is 16.0 Å². The molecule has 0 bridgehead atoms. The largest absolute Gasteiger partial charge is 0.478 e. The number of carboxylic acids is 1. The van der Waals surface area contributed by atoms with Crippen LogP contribution < -0.4 is 4.72 Å². The number of hydrogen-bond acceptors (Lipinski definition) is 7. The van der Waals surface area contributed by atoms with E-state index in [2.05, 4.69) is 19.8 Å². The topological polar surface area (TPSA) is 135 Å². The Morgan fingerprint density at radius 3 is 2.71 bits per heavy atom. The van der Waals surface area contributed by atoms with Crippen molar-refractivity contribution in [3.63, 3.8) is 0 Å². The lowest BCUT2D eigenvalue weighted by Gasteiger charge is -2.04. The minimum absolute atomic E-state index is 0.0731. The van der Waals surface area contributed by atoms with Crippen LogP contribution in [0.3, 0.4) is 0 Å². The second kappa shape index (κ2) is 5.97. The molecular weight excluding hydrogens is 300 g/mol. The first-order chi connectivity index (χ1) is 9.88. The van der Waals surface area contributed by atoms with Gasteiger partial charge in [0.05, 0.1) is 5.56 Å². The number of nitrogens with zero attached hydrogens (tertiary/aromatic N) is 3. The summed E-state index contributed by atoms with van der Waals surface area (Å²) in [5.74, 6) is -0.380. The van der Waals surface area contributed by atoms with Gasteiger partial charge in [0.25, 0.3) is 10.0 Å². The highest BCUT2D eigenvalue weighted by Gasteiger charge is 2.16. The maximum Gasteiger partial charge on any atom is 0.337 e. The second-order valence-electron chi connectivity index (χ2n) is 4.07. The Bertz CT molecular complexity index is 738. The van der Waals surface area contributed by atoms with Crippen molar-refractivity contribution in [1.29, 1.82) is 0 Å². The molecule has 2 rings (SSSR count). The summed E-state index contributed by atoms with van der Waals surface area (Å²) in [5.41, 5.74) is -0.0868. The van der Waals surface area contributed by atoms with Crippen LogP contribution in [0.15, 0.2) is 27.9 Å². The zero-order chi connectivity index (χ0) is 15.5. The first-order valence-corrected chi connectivity index (χ1v) is 7.35. The SMILES string of the molecule is Cc1nc(CCNS(=O)(=O)c2ccc(C(=O)O)cn2)no1. The van der Waals surface area contributed by atoms with E-state index in [0.29, 0.717) is 11.7 Å².